The second-order valence-electron chi connectivity index (χ2n) is 8.58. The number of nitrogens with zero attached hydrogens (tertiary/aromatic N) is 4. The molecule has 3 aliphatic rings. The van der Waals surface area contributed by atoms with Crippen LogP contribution in [0.4, 0.5) is 10.5 Å². The molecule has 3 N–H and O–H groups in total. The molecule has 162 valence electrons. The molecule has 0 spiro atoms. The number of piperidine rings is 3. The Labute approximate surface area is 183 Å². The molecule has 0 radical (unpaired) electrons. The van der Waals surface area contributed by atoms with Gasteiger partial charge in [-0.3, -0.25) is 9.89 Å². The van der Waals surface area contributed by atoms with E-state index in [0.29, 0.717) is 28.3 Å². The fourth-order valence-electron chi connectivity index (χ4n) is 4.92. The van der Waals surface area contributed by atoms with E-state index in [1.165, 1.54) is 4.68 Å². The molecule has 2 bridgehead atoms. The molecule has 2 aromatic carbocycles. The van der Waals surface area contributed by atoms with Crippen LogP contribution in [0.25, 0.3) is 27.6 Å². The number of nitrogens with one attached hydrogen (secondary N) is 3. The molecular weight excluding hydrogens is 406 g/mol. The second kappa shape index (κ2) is 7.45. The van der Waals surface area contributed by atoms with Crippen LogP contribution in [0.5, 0.6) is 0 Å². The molecular formula is C23H23N7O2. The summed E-state index contributed by atoms with van der Waals surface area (Å²) in [7, 11) is 0. The first-order valence-electron chi connectivity index (χ1n) is 10.9. The van der Waals surface area contributed by atoms with Crippen LogP contribution in [-0.4, -0.2) is 56.6 Å². The zero-order valence-corrected chi connectivity index (χ0v) is 17.4. The van der Waals surface area contributed by atoms with Crippen molar-refractivity contribution in [2.45, 2.75) is 18.9 Å². The standard InChI is InChI=1S/C23H23N7O2/c31-22-21-20(17-3-1-2-4-18(17)26-27-21)28-30(22)16-7-5-15(6-8-16)24-23(32)25-19-13-29-11-9-14(19)10-12-29/h1-8,14,19,28H,9-13H2,(H2,24,25,32). The summed E-state index contributed by atoms with van der Waals surface area (Å²) in [6.45, 7) is 3.21. The first-order valence-corrected chi connectivity index (χ1v) is 10.9. The van der Waals surface area contributed by atoms with Crippen molar-refractivity contribution >= 4 is 33.7 Å². The molecule has 3 aliphatic heterocycles. The zero-order valence-electron chi connectivity index (χ0n) is 17.4. The first kappa shape index (κ1) is 19.0. The smallest absolute Gasteiger partial charge is 0.319 e. The van der Waals surface area contributed by atoms with E-state index in [4.69, 9.17) is 0 Å². The highest BCUT2D eigenvalue weighted by Gasteiger charge is 2.34. The van der Waals surface area contributed by atoms with Crippen molar-refractivity contribution in [1.82, 2.24) is 30.2 Å². The van der Waals surface area contributed by atoms with Gasteiger partial charge in [-0.05, 0) is 62.2 Å². The van der Waals surface area contributed by atoms with Gasteiger partial charge >= 0.3 is 6.03 Å². The molecule has 0 aliphatic carbocycles. The minimum Gasteiger partial charge on any atom is -0.334 e. The molecule has 3 fully saturated rings. The third kappa shape index (κ3) is 3.21. The minimum atomic E-state index is -0.265. The zero-order chi connectivity index (χ0) is 21.7. The van der Waals surface area contributed by atoms with E-state index in [1.807, 2.05) is 24.3 Å². The fraction of sp³-hybridized carbons (Fsp3) is 0.304. The van der Waals surface area contributed by atoms with Gasteiger partial charge in [-0.15, -0.1) is 10.2 Å². The summed E-state index contributed by atoms with van der Waals surface area (Å²) in [5, 5.41) is 18.3. The van der Waals surface area contributed by atoms with Crippen molar-refractivity contribution in [3.8, 4) is 5.69 Å². The largest absolute Gasteiger partial charge is 0.334 e. The van der Waals surface area contributed by atoms with Crippen LogP contribution in [0, 0.1) is 5.92 Å². The van der Waals surface area contributed by atoms with Crippen LogP contribution in [0.15, 0.2) is 53.3 Å². The third-order valence-electron chi connectivity index (χ3n) is 6.65. The van der Waals surface area contributed by atoms with E-state index in [1.54, 1.807) is 24.3 Å². The van der Waals surface area contributed by atoms with Gasteiger partial charge in [0.05, 0.1) is 16.7 Å². The van der Waals surface area contributed by atoms with Gasteiger partial charge in [0.1, 0.15) is 0 Å². The van der Waals surface area contributed by atoms with E-state index < -0.39 is 0 Å². The van der Waals surface area contributed by atoms with Gasteiger partial charge in [0, 0.05) is 23.7 Å². The molecule has 1 atom stereocenters. The molecule has 9 nitrogen and oxygen atoms in total. The highest BCUT2D eigenvalue weighted by molar-refractivity contribution is 6.00. The number of rotatable bonds is 3. The number of aromatic nitrogens is 4. The lowest BCUT2D eigenvalue weighted by Gasteiger charge is -2.44. The van der Waals surface area contributed by atoms with Crippen molar-refractivity contribution in [2.24, 2.45) is 5.92 Å². The summed E-state index contributed by atoms with van der Waals surface area (Å²) >= 11 is 0. The van der Waals surface area contributed by atoms with Gasteiger partial charge in [-0.25, -0.2) is 9.48 Å². The molecule has 0 saturated carbocycles. The van der Waals surface area contributed by atoms with Gasteiger partial charge in [-0.2, -0.15) is 0 Å². The number of hydrogen-bond donors (Lipinski definition) is 3. The number of hydrogen-bond acceptors (Lipinski definition) is 5. The summed E-state index contributed by atoms with van der Waals surface area (Å²) in [4.78, 5) is 27.8. The van der Waals surface area contributed by atoms with E-state index in [2.05, 4.69) is 30.8 Å². The number of aromatic amines is 1. The Kier molecular flexibility index (Phi) is 4.43. The Morgan fingerprint density at radius 3 is 2.56 bits per heavy atom. The monoisotopic (exact) mass is 429 g/mol. The predicted molar refractivity (Wildman–Crippen MR) is 122 cm³/mol. The predicted octanol–water partition coefficient (Wildman–Crippen LogP) is 2.48. The Bertz CT molecular complexity index is 1370. The lowest BCUT2D eigenvalue weighted by molar-refractivity contribution is 0.0777. The van der Waals surface area contributed by atoms with Crippen LogP contribution < -0.4 is 16.2 Å². The first-order chi connectivity index (χ1) is 15.7. The number of urea groups is 1. The van der Waals surface area contributed by atoms with Crippen molar-refractivity contribution in [3.63, 3.8) is 0 Å². The maximum Gasteiger partial charge on any atom is 0.319 e. The van der Waals surface area contributed by atoms with Crippen molar-refractivity contribution in [3.05, 3.63) is 58.9 Å². The normalized spacial score (nSPS) is 22.3. The number of anilines is 1. The molecule has 5 heterocycles. The number of carbonyl (C=O) groups excluding carboxylic acids is 1. The topological polar surface area (TPSA) is 108 Å². The van der Waals surface area contributed by atoms with E-state index in [9.17, 15) is 9.59 Å². The Balaban J connectivity index is 1.21. The van der Waals surface area contributed by atoms with Crippen molar-refractivity contribution in [1.29, 1.82) is 0 Å². The Morgan fingerprint density at radius 2 is 1.81 bits per heavy atom. The van der Waals surface area contributed by atoms with Gasteiger partial charge in [0.2, 0.25) is 0 Å². The number of amides is 2. The maximum absolute atomic E-state index is 12.9. The molecule has 32 heavy (non-hydrogen) atoms. The SMILES string of the molecule is O=C(Nc1ccc(-n2[nH]c3c(nnc4ccccc43)c2=O)cc1)NC1CN2CCC1CC2. The van der Waals surface area contributed by atoms with Crippen LogP contribution in [0.3, 0.4) is 0 Å². The van der Waals surface area contributed by atoms with Gasteiger partial charge in [-0.1, -0.05) is 18.2 Å². The number of H-pyrrole nitrogens is 1. The van der Waals surface area contributed by atoms with Crippen LogP contribution in [0.1, 0.15) is 12.8 Å². The third-order valence-corrected chi connectivity index (χ3v) is 6.65. The van der Waals surface area contributed by atoms with Crippen LogP contribution in [-0.2, 0) is 0 Å². The van der Waals surface area contributed by atoms with Crippen LogP contribution >= 0.6 is 0 Å². The summed E-state index contributed by atoms with van der Waals surface area (Å²) in [6.07, 6.45) is 2.30. The highest BCUT2D eigenvalue weighted by Crippen LogP contribution is 2.27. The maximum atomic E-state index is 12.9. The molecule has 1 unspecified atom stereocenters. The van der Waals surface area contributed by atoms with Gasteiger partial charge in [0.15, 0.2) is 5.52 Å². The van der Waals surface area contributed by atoms with Gasteiger partial charge < -0.3 is 15.5 Å². The summed E-state index contributed by atoms with van der Waals surface area (Å²) < 4.78 is 1.45. The average Bonchev–Trinajstić information content (AvgIpc) is 3.17. The number of fused-ring (bicyclic) bond motifs is 6. The van der Waals surface area contributed by atoms with Crippen molar-refractivity contribution < 1.29 is 4.79 Å². The number of benzene rings is 2. The van der Waals surface area contributed by atoms with Crippen molar-refractivity contribution in [2.75, 3.05) is 25.0 Å². The number of carbonyl (C=O) groups is 1. The highest BCUT2D eigenvalue weighted by atomic mass is 16.2. The van der Waals surface area contributed by atoms with E-state index in [-0.39, 0.29) is 17.6 Å². The molecule has 3 saturated heterocycles. The lowest BCUT2D eigenvalue weighted by atomic mass is 9.84. The van der Waals surface area contributed by atoms with E-state index >= 15 is 0 Å². The second-order valence-corrected chi connectivity index (χ2v) is 8.58. The summed E-state index contributed by atoms with van der Waals surface area (Å²) in [6, 6.07) is 14.7. The summed E-state index contributed by atoms with van der Waals surface area (Å²) in [5.74, 6) is 0.571. The molecule has 2 aromatic heterocycles. The minimum absolute atomic E-state index is 0.193. The molecule has 7 rings (SSSR count). The quantitative estimate of drug-likeness (QED) is 0.464. The molecule has 2 amide bonds. The lowest BCUT2D eigenvalue weighted by Crippen LogP contribution is -2.57. The Hall–Kier alpha value is -3.72. The molecule has 4 aromatic rings. The summed E-state index contributed by atoms with van der Waals surface area (Å²) in [5.41, 5.74) is 2.73. The fourth-order valence-corrected chi connectivity index (χ4v) is 4.92. The van der Waals surface area contributed by atoms with E-state index in [0.717, 1.165) is 43.4 Å². The molecule has 9 heteroatoms. The Morgan fingerprint density at radius 1 is 1.03 bits per heavy atom. The van der Waals surface area contributed by atoms with Gasteiger partial charge in [0.25, 0.3) is 5.56 Å². The van der Waals surface area contributed by atoms with Crippen LogP contribution in [0.2, 0.25) is 0 Å². The average molecular weight is 429 g/mol.